The molecule has 0 aliphatic carbocycles. The number of aromatic nitrogens is 3. The molecule has 0 aliphatic rings. The number of hydrogen-bond donors (Lipinski definition) is 1. The van der Waals surface area contributed by atoms with Crippen molar-refractivity contribution < 1.29 is 4.74 Å². The second-order valence-corrected chi connectivity index (χ2v) is 3.70. The summed E-state index contributed by atoms with van der Waals surface area (Å²) in [4.78, 5) is 12.2. The summed E-state index contributed by atoms with van der Waals surface area (Å²) in [6.07, 6.45) is 4.94. The van der Waals surface area contributed by atoms with E-state index in [2.05, 4.69) is 15.0 Å². The van der Waals surface area contributed by atoms with E-state index in [0.717, 1.165) is 11.1 Å². The Morgan fingerprint density at radius 1 is 1.35 bits per heavy atom. The molecule has 5 heteroatoms. The van der Waals surface area contributed by atoms with Crippen LogP contribution in [0.25, 0.3) is 0 Å². The van der Waals surface area contributed by atoms with Crippen molar-refractivity contribution in [1.82, 2.24) is 15.0 Å². The highest BCUT2D eigenvalue weighted by atomic mass is 16.5. The van der Waals surface area contributed by atoms with Crippen LogP contribution in [-0.2, 0) is 0 Å². The largest absolute Gasteiger partial charge is 0.481 e. The van der Waals surface area contributed by atoms with Gasteiger partial charge in [0.05, 0.1) is 18.8 Å². The van der Waals surface area contributed by atoms with E-state index in [1.807, 2.05) is 13.0 Å². The third-order valence-corrected chi connectivity index (χ3v) is 2.61. The van der Waals surface area contributed by atoms with Crippen molar-refractivity contribution in [2.45, 2.75) is 13.0 Å². The molecule has 0 radical (unpaired) electrons. The number of pyridine rings is 1. The molecule has 17 heavy (non-hydrogen) atoms. The third-order valence-electron chi connectivity index (χ3n) is 2.61. The zero-order chi connectivity index (χ0) is 12.3. The Bertz CT molecular complexity index is 515. The molecule has 0 amide bonds. The van der Waals surface area contributed by atoms with Gasteiger partial charge in [0.2, 0.25) is 5.88 Å². The summed E-state index contributed by atoms with van der Waals surface area (Å²) < 4.78 is 5.05. The van der Waals surface area contributed by atoms with Crippen LogP contribution in [0.2, 0.25) is 0 Å². The minimum atomic E-state index is -0.319. The molecule has 2 N–H and O–H groups in total. The monoisotopic (exact) mass is 230 g/mol. The van der Waals surface area contributed by atoms with Gasteiger partial charge in [-0.15, -0.1) is 0 Å². The molecular weight excluding hydrogens is 216 g/mol. The summed E-state index contributed by atoms with van der Waals surface area (Å²) in [7, 11) is 1.56. The molecule has 0 fully saturated rings. The Morgan fingerprint density at radius 2 is 2.18 bits per heavy atom. The number of ether oxygens (including phenoxy) is 1. The Hall–Kier alpha value is -2.01. The summed E-state index contributed by atoms with van der Waals surface area (Å²) in [5.74, 6) is 0.506. The van der Waals surface area contributed by atoms with Crippen molar-refractivity contribution in [3.63, 3.8) is 0 Å². The SMILES string of the molecule is COc1cc(C(N)c2cnccc2C)ncn1. The summed E-state index contributed by atoms with van der Waals surface area (Å²) in [5, 5.41) is 0. The third kappa shape index (κ3) is 2.39. The smallest absolute Gasteiger partial charge is 0.216 e. The molecular formula is C12H14N4O. The molecule has 0 saturated carbocycles. The molecule has 0 bridgehead atoms. The molecule has 2 aromatic rings. The Kier molecular flexibility index (Phi) is 3.30. The lowest BCUT2D eigenvalue weighted by Crippen LogP contribution is -2.15. The van der Waals surface area contributed by atoms with Gasteiger partial charge in [-0.2, -0.15) is 0 Å². The second-order valence-electron chi connectivity index (χ2n) is 3.70. The van der Waals surface area contributed by atoms with Crippen molar-refractivity contribution in [3.8, 4) is 5.88 Å². The number of rotatable bonds is 3. The average molecular weight is 230 g/mol. The van der Waals surface area contributed by atoms with Gasteiger partial charge in [-0.05, 0) is 24.1 Å². The first-order valence-electron chi connectivity index (χ1n) is 5.24. The van der Waals surface area contributed by atoms with E-state index in [1.54, 1.807) is 25.6 Å². The second kappa shape index (κ2) is 4.88. The van der Waals surface area contributed by atoms with Crippen LogP contribution >= 0.6 is 0 Å². The molecule has 1 unspecified atom stereocenters. The molecule has 88 valence electrons. The summed E-state index contributed by atoms with van der Waals surface area (Å²) in [6.45, 7) is 2.00. The molecule has 2 aromatic heterocycles. The van der Waals surface area contributed by atoms with Gasteiger partial charge in [-0.3, -0.25) is 4.98 Å². The molecule has 1 atom stereocenters. The minimum Gasteiger partial charge on any atom is -0.481 e. The molecule has 2 rings (SSSR count). The highest BCUT2D eigenvalue weighted by Gasteiger charge is 2.13. The number of nitrogens with two attached hydrogens (primary N) is 1. The topological polar surface area (TPSA) is 73.9 Å². The quantitative estimate of drug-likeness (QED) is 0.858. The van der Waals surface area contributed by atoms with E-state index >= 15 is 0 Å². The summed E-state index contributed by atoms with van der Waals surface area (Å²) >= 11 is 0. The van der Waals surface area contributed by atoms with E-state index in [4.69, 9.17) is 10.5 Å². The Labute approximate surface area is 99.7 Å². The van der Waals surface area contributed by atoms with Crippen molar-refractivity contribution in [2.24, 2.45) is 5.73 Å². The fourth-order valence-corrected chi connectivity index (χ4v) is 1.60. The lowest BCUT2D eigenvalue weighted by Gasteiger charge is -2.13. The average Bonchev–Trinajstić information content (AvgIpc) is 2.38. The predicted octanol–water partition coefficient (Wildman–Crippen LogP) is 1.24. The van der Waals surface area contributed by atoms with Gasteiger partial charge >= 0.3 is 0 Å². The molecule has 0 saturated heterocycles. The van der Waals surface area contributed by atoms with Crippen LogP contribution in [0, 0.1) is 6.92 Å². The minimum absolute atomic E-state index is 0.319. The fourth-order valence-electron chi connectivity index (χ4n) is 1.60. The molecule has 5 nitrogen and oxygen atoms in total. The highest BCUT2D eigenvalue weighted by molar-refractivity contribution is 5.32. The summed E-state index contributed by atoms with van der Waals surface area (Å²) in [6, 6.07) is 3.34. The van der Waals surface area contributed by atoms with Gasteiger partial charge in [0.1, 0.15) is 6.33 Å². The van der Waals surface area contributed by atoms with Gasteiger partial charge in [-0.25, -0.2) is 9.97 Å². The maximum absolute atomic E-state index is 6.15. The Morgan fingerprint density at radius 3 is 2.88 bits per heavy atom. The zero-order valence-electron chi connectivity index (χ0n) is 9.79. The lowest BCUT2D eigenvalue weighted by atomic mass is 10.0. The van der Waals surface area contributed by atoms with Gasteiger partial charge in [0.15, 0.2) is 0 Å². The Balaban J connectivity index is 2.37. The maximum atomic E-state index is 6.15. The maximum Gasteiger partial charge on any atom is 0.216 e. The van der Waals surface area contributed by atoms with Crippen LogP contribution in [0.5, 0.6) is 5.88 Å². The molecule has 0 aliphatic heterocycles. The van der Waals surface area contributed by atoms with Crippen molar-refractivity contribution in [1.29, 1.82) is 0 Å². The van der Waals surface area contributed by atoms with Crippen molar-refractivity contribution in [3.05, 3.63) is 47.7 Å². The number of methoxy groups -OCH3 is 1. The summed E-state index contributed by atoms with van der Waals surface area (Å²) in [5.41, 5.74) is 8.91. The number of aryl methyl sites for hydroxylation is 1. The van der Waals surface area contributed by atoms with E-state index in [0.29, 0.717) is 11.6 Å². The normalized spacial score (nSPS) is 12.2. The molecule has 0 aromatic carbocycles. The van der Waals surface area contributed by atoms with Crippen molar-refractivity contribution in [2.75, 3.05) is 7.11 Å². The zero-order valence-corrected chi connectivity index (χ0v) is 9.79. The van der Waals surface area contributed by atoms with Gasteiger partial charge in [-0.1, -0.05) is 0 Å². The number of hydrogen-bond acceptors (Lipinski definition) is 5. The van der Waals surface area contributed by atoms with Crippen LogP contribution in [0.3, 0.4) is 0 Å². The first-order valence-corrected chi connectivity index (χ1v) is 5.24. The lowest BCUT2D eigenvalue weighted by molar-refractivity contribution is 0.395. The predicted molar refractivity (Wildman–Crippen MR) is 63.6 cm³/mol. The van der Waals surface area contributed by atoms with Crippen LogP contribution in [0.1, 0.15) is 22.9 Å². The van der Waals surface area contributed by atoms with E-state index in [1.165, 1.54) is 6.33 Å². The van der Waals surface area contributed by atoms with E-state index in [-0.39, 0.29) is 6.04 Å². The van der Waals surface area contributed by atoms with Gasteiger partial charge in [0, 0.05) is 18.5 Å². The number of nitrogens with zero attached hydrogens (tertiary/aromatic N) is 3. The van der Waals surface area contributed by atoms with E-state index in [9.17, 15) is 0 Å². The van der Waals surface area contributed by atoms with Crippen LogP contribution in [-0.4, -0.2) is 22.1 Å². The van der Waals surface area contributed by atoms with Crippen LogP contribution in [0.4, 0.5) is 0 Å². The van der Waals surface area contributed by atoms with Crippen LogP contribution < -0.4 is 10.5 Å². The van der Waals surface area contributed by atoms with Crippen LogP contribution in [0.15, 0.2) is 30.9 Å². The van der Waals surface area contributed by atoms with Gasteiger partial charge < -0.3 is 10.5 Å². The van der Waals surface area contributed by atoms with E-state index < -0.39 is 0 Å². The first kappa shape index (κ1) is 11.5. The highest BCUT2D eigenvalue weighted by Crippen LogP contribution is 2.21. The fraction of sp³-hybridized carbons (Fsp3) is 0.250. The van der Waals surface area contributed by atoms with Crippen molar-refractivity contribution >= 4 is 0 Å². The first-order chi connectivity index (χ1) is 8.22. The standard InChI is InChI=1S/C12H14N4O/c1-8-3-4-14-6-9(8)12(13)10-5-11(17-2)16-7-15-10/h3-7,12H,13H2,1-2H3. The molecule has 2 heterocycles. The molecule has 0 spiro atoms. The van der Waals surface area contributed by atoms with Gasteiger partial charge in [0.25, 0.3) is 0 Å².